The molecule has 0 radical (unpaired) electrons. The highest BCUT2D eigenvalue weighted by molar-refractivity contribution is 7.89. The molecule has 1 unspecified atom stereocenters. The van der Waals surface area contributed by atoms with E-state index in [1.165, 1.54) is 16.7 Å². The van der Waals surface area contributed by atoms with Gasteiger partial charge >= 0.3 is 6.01 Å². The van der Waals surface area contributed by atoms with E-state index in [2.05, 4.69) is 9.97 Å². The van der Waals surface area contributed by atoms with Crippen LogP contribution in [-0.4, -0.2) is 41.9 Å². The molecule has 1 aromatic heterocycles. The molecule has 2 aromatic carbocycles. The first-order chi connectivity index (χ1) is 13.0. The Balaban J connectivity index is 1.59. The van der Waals surface area contributed by atoms with Crippen molar-refractivity contribution in [2.75, 3.05) is 13.1 Å². The topological polar surface area (TPSA) is 72.4 Å². The summed E-state index contributed by atoms with van der Waals surface area (Å²) in [5.74, 6) is 0. The lowest BCUT2D eigenvalue weighted by Crippen LogP contribution is -2.44. The molecular weight excluding hydrogens is 386 g/mol. The molecule has 0 saturated carbocycles. The van der Waals surface area contributed by atoms with Crippen LogP contribution in [-0.2, 0) is 10.0 Å². The van der Waals surface area contributed by atoms with Crippen molar-refractivity contribution < 1.29 is 13.2 Å². The van der Waals surface area contributed by atoms with Crippen molar-refractivity contribution in [2.45, 2.75) is 23.8 Å². The summed E-state index contributed by atoms with van der Waals surface area (Å²) < 4.78 is 33.8. The van der Waals surface area contributed by atoms with Gasteiger partial charge in [-0.15, -0.1) is 0 Å². The van der Waals surface area contributed by atoms with Crippen LogP contribution in [0.15, 0.2) is 59.8 Å². The maximum absolute atomic E-state index is 13.3. The van der Waals surface area contributed by atoms with Gasteiger partial charge in [-0.1, -0.05) is 48.0 Å². The second-order valence-corrected chi connectivity index (χ2v) is 8.75. The van der Waals surface area contributed by atoms with Crippen molar-refractivity contribution in [1.82, 2.24) is 14.3 Å². The number of hydrogen-bond donors (Lipinski definition) is 0. The summed E-state index contributed by atoms with van der Waals surface area (Å²) in [6.45, 7) is 0.727. The Morgan fingerprint density at radius 1 is 1.07 bits per heavy atom. The number of fused-ring (bicyclic) bond motifs is 1. The number of benzene rings is 2. The largest absolute Gasteiger partial charge is 0.459 e. The van der Waals surface area contributed by atoms with Gasteiger partial charge in [0.05, 0.1) is 28.9 Å². The molecule has 8 heteroatoms. The monoisotopic (exact) mass is 403 g/mol. The fourth-order valence-electron chi connectivity index (χ4n) is 3.29. The van der Waals surface area contributed by atoms with E-state index in [-0.39, 0.29) is 18.7 Å². The fraction of sp³-hybridized carbons (Fsp3) is 0.263. The zero-order valence-corrected chi connectivity index (χ0v) is 16.0. The molecule has 0 bridgehead atoms. The smallest absolute Gasteiger partial charge is 0.316 e. The third kappa shape index (κ3) is 3.76. The van der Waals surface area contributed by atoms with Gasteiger partial charge in [0.25, 0.3) is 0 Å². The van der Waals surface area contributed by atoms with Crippen molar-refractivity contribution >= 4 is 32.4 Å². The number of ether oxygens (including phenoxy) is 1. The first kappa shape index (κ1) is 18.2. The summed E-state index contributed by atoms with van der Waals surface area (Å²) in [5, 5.41) is 2.05. The third-order valence-corrected chi connectivity index (χ3v) is 6.70. The quantitative estimate of drug-likeness (QED) is 0.666. The summed E-state index contributed by atoms with van der Waals surface area (Å²) in [6.07, 6.45) is 4.06. The van der Waals surface area contributed by atoms with Gasteiger partial charge in [-0.3, -0.25) is 0 Å². The maximum atomic E-state index is 13.3. The second kappa shape index (κ2) is 7.42. The van der Waals surface area contributed by atoms with Gasteiger partial charge in [0.1, 0.15) is 6.10 Å². The van der Waals surface area contributed by atoms with Crippen LogP contribution >= 0.6 is 11.6 Å². The molecule has 4 rings (SSSR count). The lowest BCUT2D eigenvalue weighted by molar-refractivity contribution is 0.119. The van der Waals surface area contributed by atoms with Gasteiger partial charge in [-0.05, 0) is 24.3 Å². The fourth-order valence-corrected chi connectivity index (χ4v) is 5.11. The van der Waals surface area contributed by atoms with Crippen LogP contribution < -0.4 is 4.74 Å². The van der Waals surface area contributed by atoms with Crippen LogP contribution in [0.3, 0.4) is 0 Å². The number of halogens is 1. The highest BCUT2D eigenvalue weighted by atomic mass is 35.5. The van der Waals surface area contributed by atoms with E-state index < -0.39 is 10.0 Å². The average molecular weight is 404 g/mol. The predicted octanol–water partition coefficient (Wildman–Crippen LogP) is 3.52. The molecule has 0 N–H and O–H groups in total. The van der Waals surface area contributed by atoms with Crippen LogP contribution in [0.25, 0.3) is 10.8 Å². The molecular formula is C19H18ClN3O3S. The first-order valence-corrected chi connectivity index (χ1v) is 10.5. The maximum Gasteiger partial charge on any atom is 0.316 e. The molecule has 27 heavy (non-hydrogen) atoms. The Morgan fingerprint density at radius 2 is 1.81 bits per heavy atom. The van der Waals surface area contributed by atoms with E-state index in [1.54, 1.807) is 12.1 Å². The summed E-state index contributed by atoms with van der Waals surface area (Å²) in [7, 11) is -3.63. The number of piperidine rings is 1. The van der Waals surface area contributed by atoms with Crippen LogP contribution in [0.4, 0.5) is 0 Å². The van der Waals surface area contributed by atoms with E-state index >= 15 is 0 Å². The van der Waals surface area contributed by atoms with Crippen LogP contribution in [0.2, 0.25) is 5.02 Å². The number of sulfonamides is 1. The Bertz CT molecular complexity index is 1050. The molecule has 1 atom stereocenters. The number of hydrogen-bond acceptors (Lipinski definition) is 5. The van der Waals surface area contributed by atoms with Crippen molar-refractivity contribution in [3.63, 3.8) is 0 Å². The lowest BCUT2D eigenvalue weighted by Gasteiger charge is -2.31. The number of nitrogens with zero attached hydrogens (tertiary/aromatic N) is 3. The highest BCUT2D eigenvalue weighted by Gasteiger charge is 2.32. The van der Waals surface area contributed by atoms with Crippen LogP contribution in [0, 0.1) is 0 Å². The van der Waals surface area contributed by atoms with Gasteiger partial charge in [-0.25, -0.2) is 18.4 Å². The predicted molar refractivity (Wildman–Crippen MR) is 103 cm³/mol. The Hall–Kier alpha value is -2.22. The molecule has 3 aromatic rings. The molecule has 0 spiro atoms. The summed E-state index contributed by atoms with van der Waals surface area (Å²) in [4.78, 5) is 8.37. The molecule has 0 aliphatic carbocycles. The van der Waals surface area contributed by atoms with Crippen molar-refractivity contribution in [3.8, 4) is 6.01 Å². The average Bonchev–Trinajstić information content (AvgIpc) is 2.69. The summed E-state index contributed by atoms with van der Waals surface area (Å²) in [6, 6.07) is 13.0. The molecule has 0 amide bonds. The molecule has 1 saturated heterocycles. The van der Waals surface area contributed by atoms with Crippen molar-refractivity contribution in [1.29, 1.82) is 0 Å². The molecule has 6 nitrogen and oxygen atoms in total. The van der Waals surface area contributed by atoms with E-state index in [4.69, 9.17) is 16.3 Å². The van der Waals surface area contributed by atoms with Gasteiger partial charge in [0.15, 0.2) is 0 Å². The van der Waals surface area contributed by atoms with Gasteiger partial charge < -0.3 is 4.74 Å². The number of aromatic nitrogens is 2. The van der Waals surface area contributed by atoms with Crippen LogP contribution in [0.5, 0.6) is 6.01 Å². The van der Waals surface area contributed by atoms with Crippen LogP contribution in [0.1, 0.15) is 12.8 Å². The Kier molecular flexibility index (Phi) is 4.99. The standard InChI is InChI=1S/C19H18ClN3O3S/c20-15-11-21-19(22-12-15)26-16-7-4-10-23(13-16)27(24,25)18-9-3-6-14-5-1-2-8-17(14)18/h1-3,5-6,8-9,11-12,16H,4,7,10,13H2. The zero-order chi connectivity index (χ0) is 18.9. The minimum absolute atomic E-state index is 0.203. The molecule has 1 aliphatic heterocycles. The third-order valence-electron chi connectivity index (χ3n) is 4.58. The van der Waals surface area contributed by atoms with Crippen molar-refractivity contribution in [2.24, 2.45) is 0 Å². The highest BCUT2D eigenvalue weighted by Crippen LogP contribution is 2.28. The first-order valence-electron chi connectivity index (χ1n) is 8.66. The van der Waals surface area contributed by atoms with E-state index in [0.29, 0.717) is 22.9 Å². The lowest BCUT2D eigenvalue weighted by atomic mass is 10.1. The SMILES string of the molecule is O=S(=O)(c1cccc2ccccc12)N1CCCC(Oc2ncc(Cl)cn2)C1. The molecule has 1 fully saturated rings. The molecule has 1 aliphatic rings. The van der Waals surface area contributed by atoms with E-state index in [9.17, 15) is 8.42 Å². The molecule has 140 valence electrons. The number of rotatable bonds is 4. The Labute approximate surface area is 162 Å². The second-order valence-electron chi connectivity index (χ2n) is 6.41. The Morgan fingerprint density at radius 3 is 2.63 bits per heavy atom. The van der Waals surface area contributed by atoms with E-state index in [1.807, 2.05) is 30.3 Å². The summed E-state index contributed by atoms with van der Waals surface area (Å²) >= 11 is 5.78. The minimum Gasteiger partial charge on any atom is -0.459 e. The van der Waals surface area contributed by atoms with Crippen molar-refractivity contribution in [3.05, 3.63) is 59.9 Å². The normalized spacial score (nSPS) is 18.5. The van der Waals surface area contributed by atoms with Gasteiger partial charge in [0.2, 0.25) is 10.0 Å². The van der Waals surface area contributed by atoms with E-state index in [0.717, 1.165) is 17.2 Å². The minimum atomic E-state index is -3.63. The van der Waals surface area contributed by atoms with Gasteiger partial charge in [0, 0.05) is 11.9 Å². The van der Waals surface area contributed by atoms with Gasteiger partial charge in [-0.2, -0.15) is 4.31 Å². The summed E-state index contributed by atoms with van der Waals surface area (Å²) in [5.41, 5.74) is 0. The molecule has 2 heterocycles. The zero-order valence-electron chi connectivity index (χ0n) is 14.5.